The normalized spacial score (nSPS) is 12.4. The lowest BCUT2D eigenvalue weighted by molar-refractivity contribution is 0.472. The molecule has 0 unspecified atom stereocenters. The summed E-state index contributed by atoms with van der Waals surface area (Å²) in [6.45, 7) is 17.4. The number of nitrogens with zero attached hydrogens (tertiary/aromatic N) is 2. The summed E-state index contributed by atoms with van der Waals surface area (Å²) in [5.74, 6) is 0.574. The van der Waals surface area contributed by atoms with Crippen LogP contribution in [0.1, 0.15) is 63.8 Å². The number of aromatic nitrogens is 2. The fraction of sp³-hybridized carbons (Fsp3) is 0.263. The molecule has 1 N–H and O–H groups in total. The molecular formula is C38H38N2O2. The van der Waals surface area contributed by atoms with Gasteiger partial charge in [0, 0.05) is 22.7 Å². The van der Waals surface area contributed by atoms with Crippen LogP contribution in [0.15, 0.2) is 83.4 Å². The summed E-state index contributed by atoms with van der Waals surface area (Å²) in [5.41, 5.74) is 11.9. The number of aryl methyl sites for hydroxylation is 2. The molecule has 4 aromatic carbocycles. The third kappa shape index (κ3) is 4.96. The Morgan fingerprint density at radius 2 is 1.33 bits per heavy atom. The van der Waals surface area contributed by atoms with Gasteiger partial charge in [-0.05, 0) is 107 Å². The van der Waals surface area contributed by atoms with Crippen molar-refractivity contribution < 1.29 is 9.52 Å². The third-order valence-corrected chi connectivity index (χ3v) is 8.15. The molecule has 6 aromatic rings. The van der Waals surface area contributed by atoms with E-state index < -0.39 is 0 Å². The van der Waals surface area contributed by atoms with Gasteiger partial charge < -0.3 is 9.52 Å². The van der Waals surface area contributed by atoms with Crippen molar-refractivity contribution in [1.29, 1.82) is 0 Å². The second kappa shape index (κ2) is 9.84. The summed E-state index contributed by atoms with van der Waals surface area (Å²) in [7, 11) is 0. The zero-order valence-electron chi connectivity index (χ0n) is 25.8. The molecule has 6 rings (SSSR count). The Bertz CT molecular complexity index is 1980. The zero-order valence-corrected chi connectivity index (χ0v) is 25.8. The average Bonchev–Trinajstić information content (AvgIpc) is 3.36. The second-order valence-electron chi connectivity index (χ2n) is 13.5. The average molecular weight is 555 g/mol. The number of benzene rings is 4. The van der Waals surface area contributed by atoms with Gasteiger partial charge in [0.05, 0.1) is 11.1 Å². The van der Waals surface area contributed by atoms with Crippen LogP contribution in [0.5, 0.6) is 5.75 Å². The molecule has 0 aliphatic heterocycles. The molecular weight excluding hydrogens is 516 g/mol. The van der Waals surface area contributed by atoms with Crippen LogP contribution >= 0.6 is 0 Å². The highest BCUT2D eigenvalue weighted by atomic mass is 16.3. The molecule has 0 spiro atoms. The highest BCUT2D eigenvalue weighted by molar-refractivity contribution is 5.98. The highest BCUT2D eigenvalue weighted by Crippen LogP contribution is 2.41. The Balaban J connectivity index is 1.57. The first kappa shape index (κ1) is 27.7. The van der Waals surface area contributed by atoms with Gasteiger partial charge in [-0.1, -0.05) is 65.8 Å². The van der Waals surface area contributed by atoms with E-state index in [1.54, 1.807) is 6.07 Å². The van der Waals surface area contributed by atoms with E-state index in [1.165, 1.54) is 16.5 Å². The minimum atomic E-state index is -0.101. The number of phenolic OH excluding ortho intramolecular Hbond substituents is 1. The molecule has 0 bridgehead atoms. The predicted molar refractivity (Wildman–Crippen MR) is 174 cm³/mol. The number of hydrogen-bond acceptors (Lipinski definition) is 4. The summed E-state index contributed by atoms with van der Waals surface area (Å²) in [4.78, 5) is 9.78. The van der Waals surface area contributed by atoms with E-state index in [0.717, 1.165) is 44.4 Å². The predicted octanol–water partition coefficient (Wildman–Crippen LogP) is 10.3. The molecule has 0 radical (unpaired) electrons. The van der Waals surface area contributed by atoms with Crippen molar-refractivity contribution in [1.82, 2.24) is 9.97 Å². The number of pyridine rings is 1. The smallest absolute Gasteiger partial charge is 0.231 e. The van der Waals surface area contributed by atoms with Gasteiger partial charge in [0.1, 0.15) is 11.3 Å². The Labute approximate surface area is 248 Å². The maximum atomic E-state index is 10.8. The molecule has 212 valence electrons. The summed E-state index contributed by atoms with van der Waals surface area (Å²) in [5, 5.41) is 12.0. The standard InChI is InChI=1S/C38H38N2O2/c1-22-16-28-23(2)14-15-39-34(28)29(17-22)24-10-9-11-25(18-24)30-20-27(38(6,7)8)21-33-35(30)40-36(42-33)31-19-26(37(3,4)5)12-13-32(31)41/h9-21,41H,1-8H3. The van der Waals surface area contributed by atoms with E-state index in [1.807, 2.05) is 18.3 Å². The molecule has 0 atom stereocenters. The van der Waals surface area contributed by atoms with Crippen molar-refractivity contribution in [2.45, 2.75) is 66.2 Å². The van der Waals surface area contributed by atoms with Gasteiger partial charge in [-0.15, -0.1) is 0 Å². The number of oxazole rings is 1. The molecule has 2 aromatic heterocycles. The topological polar surface area (TPSA) is 59.2 Å². The number of aromatic hydroxyl groups is 1. The molecule has 0 aliphatic carbocycles. The summed E-state index contributed by atoms with van der Waals surface area (Å²) >= 11 is 0. The van der Waals surface area contributed by atoms with Gasteiger partial charge in [-0.25, -0.2) is 4.98 Å². The zero-order chi connectivity index (χ0) is 30.0. The summed E-state index contributed by atoms with van der Waals surface area (Å²) in [6.07, 6.45) is 1.89. The first-order valence-corrected chi connectivity index (χ1v) is 14.6. The fourth-order valence-corrected chi connectivity index (χ4v) is 5.58. The van der Waals surface area contributed by atoms with Gasteiger partial charge in [0.25, 0.3) is 0 Å². The lowest BCUT2D eigenvalue weighted by Crippen LogP contribution is -2.11. The van der Waals surface area contributed by atoms with E-state index in [9.17, 15) is 5.11 Å². The van der Waals surface area contributed by atoms with E-state index in [2.05, 4.69) is 110 Å². The first-order chi connectivity index (χ1) is 19.8. The Hall–Kier alpha value is -4.44. The SMILES string of the molecule is Cc1cc(-c2cccc(-c3cc(C(C)(C)C)cc4oc(-c5cc(C(C)(C)C)ccc5O)nc34)c2)c2nccc(C)c2c1. The van der Waals surface area contributed by atoms with Gasteiger partial charge in [-0.2, -0.15) is 0 Å². The highest BCUT2D eigenvalue weighted by Gasteiger charge is 2.23. The van der Waals surface area contributed by atoms with Crippen molar-refractivity contribution in [2.24, 2.45) is 0 Å². The van der Waals surface area contributed by atoms with E-state index >= 15 is 0 Å². The van der Waals surface area contributed by atoms with Crippen molar-refractivity contribution in [2.75, 3.05) is 0 Å². The summed E-state index contributed by atoms with van der Waals surface area (Å²) < 4.78 is 6.42. The Morgan fingerprint density at radius 3 is 2.02 bits per heavy atom. The van der Waals surface area contributed by atoms with Crippen molar-refractivity contribution in [3.05, 3.63) is 101 Å². The largest absolute Gasteiger partial charge is 0.507 e. The molecule has 0 saturated heterocycles. The maximum absolute atomic E-state index is 10.8. The van der Waals surface area contributed by atoms with Crippen molar-refractivity contribution in [3.63, 3.8) is 0 Å². The van der Waals surface area contributed by atoms with E-state index in [4.69, 9.17) is 14.4 Å². The van der Waals surface area contributed by atoms with Gasteiger partial charge in [0.15, 0.2) is 5.58 Å². The van der Waals surface area contributed by atoms with Crippen LogP contribution in [0.2, 0.25) is 0 Å². The molecule has 42 heavy (non-hydrogen) atoms. The Kier molecular flexibility index (Phi) is 6.49. The molecule has 4 nitrogen and oxygen atoms in total. The molecule has 2 heterocycles. The van der Waals surface area contributed by atoms with Crippen LogP contribution < -0.4 is 0 Å². The van der Waals surface area contributed by atoms with Gasteiger partial charge in [0.2, 0.25) is 5.89 Å². The van der Waals surface area contributed by atoms with E-state index in [-0.39, 0.29) is 16.6 Å². The quantitative estimate of drug-likeness (QED) is 0.236. The van der Waals surface area contributed by atoms with E-state index in [0.29, 0.717) is 17.0 Å². The lowest BCUT2D eigenvalue weighted by atomic mass is 9.84. The van der Waals surface area contributed by atoms with Crippen molar-refractivity contribution >= 4 is 22.0 Å². The fourth-order valence-electron chi connectivity index (χ4n) is 5.58. The van der Waals surface area contributed by atoms with Crippen LogP contribution in [0, 0.1) is 13.8 Å². The minimum Gasteiger partial charge on any atom is -0.507 e. The van der Waals surface area contributed by atoms with Crippen LogP contribution in [-0.2, 0) is 10.8 Å². The van der Waals surface area contributed by atoms with Gasteiger partial charge in [-0.3, -0.25) is 4.98 Å². The Morgan fingerprint density at radius 1 is 0.667 bits per heavy atom. The molecule has 0 amide bonds. The second-order valence-corrected chi connectivity index (χ2v) is 13.5. The number of fused-ring (bicyclic) bond motifs is 2. The van der Waals surface area contributed by atoms with Gasteiger partial charge >= 0.3 is 0 Å². The molecule has 4 heteroatoms. The van der Waals surface area contributed by atoms with Crippen LogP contribution in [-0.4, -0.2) is 15.1 Å². The minimum absolute atomic E-state index is 0.0766. The maximum Gasteiger partial charge on any atom is 0.231 e. The molecule has 0 aliphatic rings. The number of phenols is 1. The first-order valence-electron chi connectivity index (χ1n) is 14.6. The number of rotatable bonds is 3. The molecule has 0 fully saturated rings. The number of hydrogen-bond donors (Lipinski definition) is 1. The van der Waals surface area contributed by atoms with Crippen LogP contribution in [0.25, 0.3) is 55.7 Å². The van der Waals surface area contributed by atoms with Crippen molar-refractivity contribution in [3.8, 4) is 39.5 Å². The monoisotopic (exact) mass is 554 g/mol. The molecule has 0 saturated carbocycles. The van der Waals surface area contributed by atoms with Crippen LogP contribution in [0.4, 0.5) is 0 Å². The third-order valence-electron chi connectivity index (χ3n) is 8.15. The van der Waals surface area contributed by atoms with Crippen LogP contribution in [0.3, 0.4) is 0 Å². The lowest BCUT2D eigenvalue weighted by Gasteiger charge is -2.20. The summed E-state index contributed by atoms with van der Waals surface area (Å²) in [6, 6.07) is 25.1.